The van der Waals surface area contributed by atoms with Crippen LogP contribution in [0.5, 0.6) is 0 Å². The number of carbonyl (C=O) groups excluding carboxylic acids is 2. The second-order valence-electron chi connectivity index (χ2n) is 5.80. The first kappa shape index (κ1) is 19.8. The Kier molecular flexibility index (Phi) is 6.22. The third-order valence-corrected chi connectivity index (χ3v) is 5.22. The fourth-order valence-electron chi connectivity index (χ4n) is 2.48. The fourth-order valence-corrected chi connectivity index (χ4v) is 3.77. The SMILES string of the molecule is O=C(CCCN1C(=O)/C(=C\c2ccco2)SC1=S)Nc1ccc([N+](=O)[O-])cc1. The van der Waals surface area contributed by atoms with Gasteiger partial charge in [0.25, 0.3) is 11.6 Å². The average Bonchev–Trinajstić information content (AvgIpc) is 3.26. The topological polar surface area (TPSA) is 106 Å². The van der Waals surface area contributed by atoms with Crippen LogP contribution in [0.1, 0.15) is 18.6 Å². The van der Waals surface area contributed by atoms with Crippen molar-refractivity contribution in [2.75, 3.05) is 11.9 Å². The molecule has 2 heterocycles. The van der Waals surface area contributed by atoms with Crippen LogP contribution >= 0.6 is 24.0 Å². The van der Waals surface area contributed by atoms with E-state index in [1.165, 1.54) is 47.2 Å². The van der Waals surface area contributed by atoms with Crippen molar-refractivity contribution in [3.8, 4) is 0 Å². The molecule has 0 unspecified atom stereocenters. The summed E-state index contributed by atoms with van der Waals surface area (Å²) in [6.45, 7) is 0.327. The van der Waals surface area contributed by atoms with Crippen LogP contribution in [0.4, 0.5) is 11.4 Å². The molecule has 1 aromatic heterocycles. The highest BCUT2D eigenvalue weighted by Gasteiger charge is 2.31. The number of hydrogen-bond donors (Lipinski definition) is 1. The van der Waals surface area contributed by atoms with Crippen LogP contribution in [0, 0.1) is 10.1 Å². The summed E-state index contributed by atoms with van der Waals surface area (Å²) in [4.78, 5) is 36.6. The van der Waals surface area contributed by atoms with Crippen LogP contribution < -0.4 is 5.32 Å². The number of nitrogens with one attached hydrogen (secondary N) is 1. The molecule has 10 heteroatoms. The Morgan fingerprint density at radius 3 is 2.71 bits per heavy atom. The molecule has 0 bridgehead atoms. The van der Waals surface area contributed by atoms with E-state index in [1.807, 2.05) is 0 Å². The highest BCUT2D eigenvalue weighted by Crippen LogP contribution is 2.32. The van der Waals surface area contributed by atoms with Crippen molar-refractivity contribution in [3.63, 3.8) is 0 Å². The highest BCUT2D eigenvalue weighted by atomic mass is 32.2. The minimum atomic E-state index is -0.506. The number of rotatable bonds is 7. The van der Waals surface area contributed by atoms with Crippen LogP contribution in [-0.2, 0) is 9.59 Å². The van der Waals surface area contributed by atoms with E-state index in [2.05, 4.69) is 5.32 Å². The number of furan rings is 1. The summed E-state index contributed by atoms with van der Waals surface area (Å²) in [7, 11) is 0. The van der Waals surface area contributed by atoms with Crippen molar-refractivity contribution in [3.05, 3.63) is 63.4 Å². The highest BCUT2D eigenvalue weighted by molar-refractivity contribution is 8.26. The van der Waals surface area contributed by atoms with Crippen LogP contribution in [0.2, 0.25) is 0 Å². The maximum absolute atomic E-state index is 12.4. The molecule has 0 atom stereocenters. The van der Waals surface area contributed by atoms with Crippen molar-refractivity contribution in [2.24, 2.45) is 0 Å². The second kappa shape index (κ2) is 8.81. The lowest BCUT2D eigenvalue weighted by molar-refractivity contribution is -0.384. The maximum atomic E-state index is 12.4. The van der Waals surface area contributed by atoms with Gasteiger partial charge in [-0.25, -0.2) is 0 Å². The van der Waals surface area contributed by atoms with Gasteiger partial charge in [0.05, 0.1) is 16.1 Å². The molecule has 2 aromatic rings. The van der Waals surface area contributed by atoms with E-state index in [9.17, 15) is 19.7 Å². The van der Waals surface area contributed by atoms with Crippen molar-refractivity contribution in [1.82, 2.24) is 4.90 Å². The number of thiocarbonyl (C=S) groups is 1. The lowest BCUT2D eigenvalue weighted by Crippen LogP contribution is -2.29. The summed E-state index contributed by atoms with van der Waals surface area (Å²) in [5, 5.41) is 13.3. The monoisotopic (exact) mass is 417 g/mol. The van der Waals surface area contributed by atoms with Crippen LogP contribution in [-0.4, -0.2) is 32.5 Å². The first-order valence-corrected chi connectivity index (χ1v) is 9.50. The number of nitrogens with zero attached hydrogens (tertiary/aromatic N) is 2. The number of nitro groups is 1. The molecule has 0 spiro atoms. The van der Waals surface area contributed by atoms with Gasteiger partial charge in [0, 0.05) is 36.9 Å². The molecular weight excluding hydrogens is 402 g/mol. The van der Waals surface area contributed by atoms with Crippen molar-refractivity contribution < 1.29 is 18.9 Å². The third-order valence-electron chi connectivity index (χ3n) is 3.84. The summed E-state index contributed by atoms with van der Waals surface area (Å²) < 4.78 is 5.65. The Hall–Kier alpha value is -2.98. The molecule has 144 valence electrons. The van der Waals surface area contributed by atoms with Gasteiger partial charge in [-0.2, -0.15) is 0 Å². The van der Waals surface area contributed by atoms with E-state index in [1.54, 1.807) is 18.2 Å². The van der Waals surface area contributed by atoms with Gasteiger partial charge in [0.1, 0.15) is 10.1 Å². The molecular formula is C18H15N3O5S2. The molecule has 1 saturated heterocycles. The average molecular weight is 417 g/mol. The number of amides is 2. The molecule has 1 aromatic carbocycles. The number of hydrogen-bond acceptors (Lipinski definition) is 7. The Morgan fingerprint density at radius 1 is 1.32 bits per heavy atom. The zero-order chi connectivity index (χ0) is 20.1. The van der Waals surface area contributed by atoms with E-state index < -0.39 is 4.92 Å². The number of carbonyl (C=O) groups is 2. The first-order valence-electron chi connectivity index (χ1n) is 8.27. The van der Waals surface area contributed by atoms with E-state index >= 15 is 0 Å². The molecule has 2 amide bonds. The molecule has 1 aliphatic rings. The van der Waals surface area contributed by atoms with Gasteiger partial charge in [-0.05, 0) is 30.7 Å². The molecule has 8 nitrogen and oxygen atoms in total. The molecule has 1 fully saturated rings. The maximum Gasteiger partial charge on any atom is 0.269 e. The third kappa shape index (κ3) is 4.84. The van der Waals surface area contributed by atoms with Gasteiger partial charge in [0.2, 0.25) is 5.91 Å². The molecule has 1 aliphatic heterocycles. The van der Waals surface area contributed by atoms with E-state index in [0.29, 0.717) is 33.6 Å². The normalized spacial score (nSPS) is 15.3. The summed E-state index contributed by atoms with van der Waals surface area (Å²) in [5.41, 5.74) is 0.428. The summed E-state index contributed by atoms with van der Waals surface area (Å²) >= 11 is 6.45. The van der Waals surface area contributed by atoms with E-state index in [4.69, 9.17) is 16.6 Å². The Morgan fingerprint density at radius 2 is 2.07 bits per heavy atom. The second-order valence-corrected chi connectivity index (χ2v) is 7.48. The van der Waals surface area contributed by atoms with Crippen molar-refractivity contribution in [1.29, 1.82) is 0 Å². The molecule has 0 saturated carbocycles. The molecule has 0 aliphatic carbocycles. The number of nitro benzene ring substituents is 1. The predicted octanol–water partition coefficient (Wildman–Crippen LogP) is 3.81. The van der Waals surface area contributed by atoms with E-state index in [0.717, 1.165) is 0 Å². The first-order chi connectivity index (χ1) is 13.4. The van der Waals surface area contributed by atoms with E-state index in [-0.39, 0.29) is 23.9 Å². The smallest absolute Gasteiger partial charge is 0.269 e. The van der Waals surface area contributed by atoms with Gasteiger partial charge in [-0.15, -0.1) is 0 Å². The molecule has 28 heavy (non-hydrogen) atoms. The molecule has 1 N–H and O–H groups in total. The van der Waals surface area contributed by atoms with Crippen LogP contribution in [0.3, 0.4) is 0 Å². The number of benzene rings is 1. The van der Waals surface area contributed by atoms with Crippen molar-refractivity contribution in [2.45, 2.75) is 12.8 Å². The Balaban J connectivity index is 1.49. The zero-order valence-electron chi connectivity index (χ0n) is 14.5. The lowest BCUT2D eigenvalue weighted by Gasteiger charge is -2.14. The lowest BCUT2D eigenvalue weighted by atomic mass is 10.2. The quantitative estimate of drug-likeness (QED) is 0.316. The number of non-ortho nitro benzene ring substituents is 1. The minimum absolute atomic E-state index is 0.0463. The molecule has 0 radical (unpaired) electrons. The van der Waals surface area contributed by atoms with Gasteiger partial charge < -0.3 is 9.73 Å². The Labute approximate surface area is 169 Å². The predicted molar refractivity (Wildman–Crippen MR) is 110 cm³/mol. The van der Waals surface area contributed by atoms with Gasteiger partial charge in [-0.3, -0.25) is 24.6 Å². The summed E-state index contributed by atoms with van der Waals surface area (Å²) in [6.07, 6.45) is 3.78. The largest absolute Gasteiger partial charge is 0.465 e. The summed E-state index contributed by atoms with van der Waals surface area (Å²) in [5.74, 6) is 0.121. The van der Waals surface area contributed by atoms with Crippen molar-refractivity contribution >= 4 is 57.6 Å². The van der Waals surface area contributed by atoms with Gasteiger partial charge in [-0.1, -0.05) is 24.0 Å². The van der Waals surface area contributed by atoms with Gasteiger partial charge >= 0.3 is 0 Å². The zero-order valence-corrected chi connectivity index (χ0v) is 16.1. The fraction of sp³-hybridized carbons (Fsp3) is 0.167. The standard InChI is InChI=1S/C18H15N3O5S2/c22-16(19-12-5-7-13(8-6-12)21(24)25)4-1-9-20-17(23)15(28-18(20)27)11-14-3-2-10-26-14/h2-3,5-8,10-11H,1,4,9H2,(H,19,22)/b15-11+. The van der Waals surface area contributed by atoms with Crippen LogP contribution in [0.15, 0.2) is 52.0 Å². The van der Waals surface area contributed by atoms with Gasteiger partial charge in [0.15, 0.2) is 0 Å². The van der Waals surface area contributed by atoms with Crippen LogP contribution in [0.25, 0.3) is 6.08 Å². The number of thioether (sulfide) groups is 1. The number of anilines is 1. The molecule has 3 rings (SSSR count). The Bertz CT molecular complexity index is 939. The summed E-state index contributed by atoms with van der Waals surface area (Å²) in [6, 6.07) is 9.06. The minimum Gasteiger partial charge on any atom is -0.465 e.